The van der Waals surface area contributed by atoms with Gasteiger partial charge in [0.15, 0.2) is 0 Å². The number of carbonyl (C=O) groups excluding carboxylic acids is 1. The number of nitrogens with two attached hydrogens (primary N) is 1. The number of esters is 1. The lowest BCUT2D eigenvalue weighted by Crippen LogP contribution is -2.15. The Morgan fingerprint density at radius 1 is 1.58 bits per heavy atom. The Kier molecular flexibility index (Phi) is 5.75. The van der Waals surface area contributed by atoms with Crippen molar-refractivity contribution < 1.29 is 9.53 Å². The monoisotopic (exact) mass is 284 g/mol. The van der Waals surface area contributed by atoms with E-state index < -0.39 is 0 Å². The van der Waals surface area contributed by atoms with E-state index in [-0.39, 0.29) is 5.97 Å². The maximum absolute atomic E-state index is 11.2. The van der Waals surface area contributed by atoms with Crippen LogP contribution in [-0.2, 0) is 16.6 Å². The van der Waals surface area contributed by atoms with E-state index in [0.29, 0.717) is 31.0 Å². The highest BCUT2D eigenvalue weighted by molar-refractivity contribution is 7.80. The maximum Gasteiger partial charge on any atom is 0.305 e. The van der Waals surface area contributed by atoms with E-state index >= 15 is 0 Å². The van der Waals surface area contributed by atoms with E-state index in [1.54, 1.807) is 11.6 Å². The summed E-state index contributed by atoms with van der Waals surface area (Å²) in [4.78, 5) is 11.5. The van der Waals surface area contributed by atoms with Crippen LogP contribution in [0.1, 0.15) is 31.0 Å². The summed E-state index contributed by atoms with van der Waals surface area (Å²) in [5, 5.41) is 7.48. The number of nitrogens with one attached hydrogen (secondary N) is 1. The molecule has 106 valence electrons. The number of carbonyl (C=O) groups is 1. The maximum atomic E-state index is 11.2. The van der Waals surface area contributed by atoms with Gasteiger partial charge < -0.3 is 15.8 Å². The van der Waals surface area contributed by atoms with Gasteiger partial charge in [0.2, 0.25) is 0 Å². The lowest BCUT2D eigenvalue weighted by molar-refractivity contribution is -0.143. The summed E-state index contributed by atoms with van der Waals surface area (Å²) >= 11 is 5.02. The lowest BCUT2D eigenvalue weighted by atomic mass is 10.2. The minimum atomic E-state index is -0.181. The normalized spacial score (nSPS) is 10.3. The molecule has 0 saturated carbocycles. The Morgan fingerprint density at radius 2 is 2.26 bits per heavy atom. The second-order valence-electron chi connectivity index (χ2n) is 4.13. The smallest absolute Gasteiger partial charge is 0.305 e. The fourth-order valence-electron chi connectivity index (χ4n) is 1.83. The number of thiocarbonyl (C=S) groups is 1. The largest absolute Gasteiger partial charge is 0.466 e. The average molecular weight is 284 g/mol. The zero-order valence-corrected chi connectivity index (χ0v) is 12.3. The van der Waals surface area contributed by atoms with E-state index in [2.05, 4.69) is 10.4 Å². The molecule has 1 heterocycles. The first kappa shape index (κ1) is 15.4. The van der Waals surface area contributed by atoms with Crippen molar-refractivity contribution >= 4 is 29.0 Å². The zero-order valence-electron chi connectivity index (χ0n) is 11.5. The molecule has 0 radical (unpaired) electrons. The topological polar surface area (TPSA) is 82.2 Å². The highest BCUT2D eigenvalue weighted by atomic mass is 32.1. The lowest BCUT2D eigenvalue weighted by Gasteiger charge is -2.09. The first-order valence-corrected chi connectivity index (χ1v) is 6.61. The minimum absolute atomic E-state index is 0.181. The molecule has 0 unspecified atom stereocenters. The van der Waals surface area contributed by atoms with Gasteiger partial charge in [0, 0.05) is 20.0 Å². The number of rotatable bonds is 7. The summed E-state index contributed by atoms with van der Waals surface area (Å²) < 4.78 is 6.56. The molecule has 0 aliphatic heterocycles. The second kappa shape index (κ2) is 7.08. The summed E-state index contributed by atoms with van der Waals surface area (Å²) in [5.41, 5.74) is 7.24. The molecule has 0 bridgehead atoms. The molecule has 1 aromatic heterocycles. The van der Waals surface area contributed by atoms with Gasteiger partial charge in [0.1, 0.15) is 10.8 Å². The van der Waals surface area contributed by atoms with Crippen LogP contribution in [0.15, 0.2) is 0 Å². The van der Waals surface area contributed by atoms with Gasteiger partial charge in [0.05, 0.1) is 17.9 Å². The van der Waals surface area contributed by atoms with Crippen LogP contribution in [0.4, 0.5) is 5.82 Å². The quantitative estimate of drug-likeness (QED) is 0.443. The molecule has 19 heavy (non-hydrogen) atoms. The molecule has 0 spiro atoms. The van der Waals surface area contributed by atoms with Crippen LogP contribution >= 0.6 is 12.2 Å². The van der Waals surface area contributed by atoms with Crippen LogP contribution in [0, 0.1) is 6.92 Å². The summed E-state index contributed by atoms with van der Waals surface area (Å²) in [7, 11) is 1.82. The van der Waals surface area contributed by atoms with Crippen molar-refractivity contribution in [2.75, 3.05) is 18.5 Å². The molecule has 7 heteroatoms. The number of hydrogen-bond acceptors (Lipinski definition) is 5. The highest BCUT2D eigenvalue weighted by Gasteiger charge is 2.15. The van der Waals surface area contributed by atoms with Gasteiger partial charge in [0.25, 0.3) is 0 Å². The van der Waals surface area contributed by atoms with Gasteiger partial charge in [-0.3, -0.25) is 9.48 Å². The molecule has 0 saturated heterocycles. The predicted molar refractivity (Wildman–Crippen MR) is 78.2 cm³/mol. The number of hydrogen-bond donors (Lipinski definition) is 2. The van der Waals surface area contributed by atoms with Crippen LogP contribution in [0.3, 0.4) is 0 Å². The second-order valence-corrected chi connectivity index (χ2v) is 4.57. The van der Waals surface area contributed by atoms with Gasteiger partial charge >= 0.3 is 5.97 Å². The SMILES string of the molecule is CCOC(=O)CCCNc1c(C(N)=S)c(C)nn1C. The van der Waals surface area contributed by atoms with Crippen molar-refractivity contribution in [1.29, 1.82) is 0 Å². The predicted octanol–water partition coefficient (Wildman–Crippen LogP) is 1.12. The van der Waals surface area contributed by atoms with E-state index in [4.69, 9.17) is 22.7 Å². The average Bonchev–Trinajstić information content (AvgIpc) is 2.60. The standard InChI is InChI=1S/C12H20N4O2S/c1-4-18-9(17)6-5-7-14-12-10(11(13)19)8(2)15-16(12)3/h14H,4-7H2,1-3H3,(H2,13,19). The minimum Gasteiger partial charge on any atom is -0.466 e. The molecular formula is C12H20N4O2S. The van der Waals surface area contributed by atoms with Gasteiger partial charge in [-0.1, -0.05) is 12.2 Å². The fraction of sp³-hybridized carbons (Fsp3) is 0.583. The van der Waals surface area contributed by atoms with Crippen LogP contribution in [0.5, 0.6) is 0 Å². The van der Waals surface area contributed by atoms with Crippen LogP contribution < -0.4 is 11.1 Å². The molecule has 0 amide bonds. The fourth-order valence-corrected chi connectivity index (χ4v) is 2.07. The molecule has 0 aliphatic rings. The summed E-state index contributed by atoms with van der Waals surface area (Å²) in [5.74, 6) is 0.605. The van der Waals surface area contributed by atoms with Crippen molar-refractivity contribution in [2.45, 2.75) is 26.7 Å². The first-order valence-electron chi connectivity index (χ1n) is 6.20. The van der Waals surface area contributed by atoms with Gasteiger partial charge in [-0.2, -0.15) is 5.10 Å². The van der Waals surface area contributed by atoms with E-state index in [9.17, 15) is 4.79 Å². The Bertz CT molecular complexity index is 471. The third-order valence-corrected chi connectivity index (χ3v) is 2.83. The van der Waals surface area contributed by atoms with E-state index in [1.807, 2.05) is 14.0 Å². The van der Waals surface area contributed by atoms with Crippen molar-refractivity contribution in [1.82, 2.24) is 9.78 Å². The molecule has 0 aliphatic carbocycles. The third kappa shape index (κ3) is 4.20. The van der Waals surface area contributed by atoms with Gasteiger partial charge in [-0.15, -0.1) is 0 Å². The van der Waals surface area contributed by atoms with Crippen molar-refractivity contribution in [3.05, 3.63) is 11.3 Å². The first-order chi connectivity index (χ1) is 8.97. The summed E-state index contributed by atoms with van der Waals surface area (Å²) in [6, 6.07) is 0. The molecule has 1 aromatic rings. The molecular weight excluding hydrogens is 264 g/mol. The number of nitrogens with zero attached hydrogens (tertiary/aromatic N) is 2. The number of ether oxygens (including phenoxy) is 1. The number of anilines is 1. The number of aromatic nitrogens is 2. The van der Waals surface area contributed by atoms with Crippen LogP contribution in [0.2, 0.25) is 0 Å². The van der Waals surface area contributed by atoms with Crippen LogP contribution in [-0.4, -0.2) is 33.9 Å². The Balaban J connectivity index is 2.54. The van der Waals surface area contributed by atoms with E-state index in [1.165, 1.54) is 0 Å². The van der Waals surface area contributed by atoms with Crippen molar-refractivity contribution in [3.8, 4) is 0 Å². The van der Waals surface area contributed by atoms with Crippen molar-refractivity contribution in [2.24, 2.45) is 12.8 Å². The number of aryl methyl sites for hydroxylation is 2. The molecule has 0 atom stereocenters. The zero-order chi connectivity index (χ0) is 14.4. The molecule has 0 fully saturated rings. The summed E-state index contributed by atoms with van der Waals surface area (Å²) in [6.45, 7) is 4.70. The molecule has 1 rings (SSSR count). The van der Waals surface area contributed by atoms with Gasteiger partial charge in [-0.25, -0.2) is 0 Å². The molecule has 3 N–H and O–H groups in total. The Morgan fingerprint density at radius 3 is 2.84 bits per heavy atom. The van der Waals surface area contributed by atoms with E-state index in [0.717, 1.165) is 17.1 Å². The van der Waals surface area contributed by atoms with Crippen molar-refractivity contribution in [3.63, 3.8) is 0 Å². The Hall–Kier alpha value is -1.63. The Labute approximate surface area is 118 Å². The molecule has 0 aromatic carbocycles. The summed E-state index contributed by atoms with van der Waals surface area (Å²) in [6.07, 6.45) is 1.07. The molecule has 6 nitrogen and oxygen atoms in total. The third-order valence-electron chi connectivity index (χ3n) is 2.62. The van der Waals surface area contributed by atoms with Crippen LogP contribution in [0.25, 0.3) is 0 Å². The highest BCUT2D eigenvalue weighted by Crippen LogP contribution is 2.18. The van der Waals surface area contributed by atoms with Gasteiger partial charge in [-0.05, 0) is 20.3 Å².